The number of nitrogens with zero attached hydrogens (tertiary/aromatic N) is 3. The molecule has 1 N–H and O–H groups in total. The van der Waals surface area contributed by atoms with Crippen LogP contribution in [0, 0.1) is 12.8 Å². The van der Waals surface area contributed by atoms with E-state index in [1.165, 1.54) is 0 Å². The molecule has 3 rings (SSSR count). The summed E-state index contributed by atoms with van der Waals surface area (Å²) in [4.78, 5) is 19.2. The van der Waals surface area contributed by atoms with Gasteiger partial charge in [-0.3, -0.25) is 9.69 Å². The van der Waals surface area contributed by atoms with E-state index in [0.29, 0.717) is 38.0 Å². The zero-order valence-corrected chi connectivity index (χ0v) is 16.8. The van der Waals surface area contributed by atoms with Crippen LogP contribution < -0.4 is 5.32 Å². The average molecular weight is 386 g/mol. The van der Waals surface area contributed by atoms with Crippen LogP contribution >= 0.6 is 0 Å². The predicted octanol–water partition coefficient (Wildman–Crippen LogP) is 2.80. The lowest BCUT2D eigenvalue weighted by atomic mass is 9.97. The molecule has 1 atom stereocenters. The number of amides is 1. The van der Waals surface area contributed by atoms with E-state index in [9.17, 15) is 4.79 Å². The third-order valence-electron chi connectivity index (χ3n) is 4.95. The van der Waals surface area contributed by atoms with Gasteiger partial charge in [0.1, 0.15) is 0 Å². The van der Waals surface area contributed by atoms with Gasteiger partial charge in [-0.15, -0.1) is 0 Å². The summed E-state index contributed by atoms with van der Waals surface area (Å²) < 4.78 is 10.7. The number of carbonyl (C=O) groups excluding carboxylic acids is 1. The molecular weight excluding hydrogens is 356 g/mol. The Labute approximate surface area is 166 Å². The molecule has 0 spiro atoms. The molecule has 1 fully saturated rings. The fourth-order valence-electron chi connectivity index (χ4n) is 3.50. The highest BCUT2D eigenvalue weighted by molar-refractivity contribution is 5.78. The molecule has 0 aliphatic carbocycles. The average Bonchev–Trinajstić information content (AvgIpc) is 3.16. The lowest BCUT2D eigenvalue weighted by molar-refractivity contribution is -0.126. The Hall–Kier alpha value is -2.25. The van der Waals surface area contributed by atoms with Gasteiger partial charge in [0.05, 0.1) is 12.5 Å². The first kappa shape index (κ1) is 20.5. The number of hydrogen-bond acceptors (Lipinski definition) is 6. The van der Waals surface area contributed by atoms with Gasteiger partial charge in [0.2, 0.25) is 17.6 Å². The highest BCUT2D eigenvalue weighted by Gasteiger charge is 2.26. The summed E-state index contributed by atoms with van der Waals surface area (Å²) >= 11 is 0. The van der Waals surface area contributed by atoms with Crippen molar-refractivity contribution in [3.05, 3.63) is 35.7 Å². The third kappa shape index (κ3) is 5.87. The summed E-state index contributed by atoms with van der Waals surface area (Å²) in [5, 5.41) is 7.14. The van der Waals surface area contributed by atoms with Gasteiger partial charge in [-0.2, -0.15) is 4.98 Å². The number of hydrogen-bond donors (Lipinski definition) is 1. The monoisotopic (exact) mass is 386 g/mol. The summed E-state index contributed by atoms with van der Waals surface area (Å²) in [6, 6.07) is 8.05. The molecule has 7 heteroatoms. The molecule has 2 heterocycles. The number of benzene rings is 1. The van der Waals surface area contributed by atoms with Crippen LogP contribution in [0.2, 0.25) is 0 Å². The van der Waals surface area contributed by atoms with Crippen LogP contribution in [0.15, 0.2) is 28.8 Å². The van der Waals surface area contributed by atoms with Gasteiger partial charge in [-0.1, -0.05) is 28.9 Å². The molecular formula is C21H30N4O3. The van der Waals surface area contributed by atoms with E-state index >= 15 is 0 Å². The van der Waals surface area contributed by atoms with Gasteiger partial charge in [0.25, 0.3) is 0 Å². The second-order valence-electron chi connectivity index (χ2n) is 7.30. The molecule has 0 bridgehead atoms. The zero-order chi connectivity index (χ0) is 19.8. The highest BCUT2D eigenvalue weighted by atomic mass is 16.5. The quantitative estimate of drug-likeness (QED) is 0.668. The van der Waals surface area contributed by atoms with Crippen molar-refractivity contribution in [3.63, 3.8) is 0 Å². The molecule has 28 heavy (non-hydrogen) atoms. The lowest BCUT2D eigenvalue weighted by Crippen LogP contribution is -2.43. The Morgan fingerprint density at radius 1 is 1.43 bits per heavy atom. The van der Waals surface area contributed by atoms with Gasteiger partial charge in [0, 0.05) is 31.9 Å². The molecule has 152 valence electrons. The van der Waals surface area contributed by atoms with E-state index in [2.05, 4.69) is 20.4 Å². The van der Waals surface area contributed by atoms with Crippen molar-refractivity contribution in [3.8, 4) is 11.4 Å². The van der Waals surface area contributed by atoms with Crippen LogP contribution in [0.4, 0.5) is 0 Å². The Bertz CT molecular complexity index is 762. The van der Waals surface area contributed by atoms with E-state index in [1.807, 2.05) is 38.1 Å². The molecule has 0 radical (unpaired) electrons. The van der Waals surface area contributed by atoms with Crippen molar-refractivity contribution in [2.75, 3.05) is 32.8 Å². The number of carbonyl (C=O) groups is 1. The van der Waals surface area contributed by atoms with Crippen molar-refractivity contribution in [2.45, 2.75) is 39.7 Å². The maximum absolute atomic E-state index is 12.4. The van der Waals surface area contributed by atoms with E-state index in [-0.39, 0.29) is 11.8 Å². The first-order chi connectivity index (χ1) is 13.7. The van der Waals surface area contributed by atoms with Gasteiger partial charge in [-0.05, 0) is 45.7 Å². The normalized spacial score (nSPS) is 17.6. The highest BCUT2D eigenvalue weighted by Crippen LogP contribution is 2.21. The van der Waals surface area contributed by atoms with Gasteiger partial charge >= 0.3 is 0 Å². The minimum absolute atomic E-state index is 0.0139. The molecule has 0 saturated carbocycles. The lowest BCUT2D eigenvalue weighted by Gasteiger charge is -2.30. The fourth-order valence-corrected chi connectivity index (χ4v) is 3.50. The standard InChI is InChI=1S/C21H30N4O3/c1-3-27-12-6-10-22-21(26)18-9-5-11-25(14-18)15-19-23-20(24-28-19)17-8-4-7-16(2)13-17/h4,7-8,13,18H,3,5-6,9-12,14-15H2,1-2H3,(H,22,26). The van der Waals surface area contributed by atoms with Crippen LogP contribution in [-0.2, 0) is 16.1 Å². The number of piperidine rings is 1. The topological polar surface area (TPSA) is 80.5 Å². The molecule has 1 aliphatic heterocycles. The minimum Gasteiger partial charge on any atom is -0.382 e. The van der Waals surface area contributed by atoms with Crippen LogP contribution in [0.3, 0.4) is 0 Å². The molecule has 2 aromatic rings. The maximum atomic E-state index is 12.4. The van der Waals surface area contributed by atoms with Crippen molar-refractivity contribution >= 4 is 5.91 Å². The number of nitrogens with one attached hydrogen (secondary N) is 1. The SMILES string of the molecule is CCOCCCNC(=O)C1CCCN(Cc2nc(-c3cccc(C)c3)no2)C1. The first-order valence-corrected chi connectivity index (χ1v) is 10.1. The maximum Gasteiger partial charge on any atom is 0.241 e. The van der Waals surface area contributed by atoms with Crippen molar-refractivity contribution in [2.24, 2.45) is 5.92 Å². The molecule has 1 unspecified atom stereocenters. The van der Waals surface area contributed by atoms with E-state index in [0.717, 1.165) is 43.5 Å². The summed E-state index contributed by atoms with van der Waals surface area (Å²) in [7, 11) is 0. The predicted molar refractivity (Wildman–Crippen MR) is 107 cm³/mol. The number of ether oxygens (including phenoxy) is 1. The zero-order valence-electron chi connectivity index (χ0n) is 16.8. The Morgan fingerprint density at radius 3 is 3.14 bits per heavy atom. The third-order valence-corrected chi connectivity index (χ3v) is 4.95. The molecule has 1 amide bonds. The fraction of sp³-hybridized carbons (Fsp3) is 0.571. The van der Waals surface area contributed by atoms with Crippen molar-refractivity contribution in [1.29, 1.82) is 0 Å². The Morgan fingerprint density at radius 2 is 2.32 bits per heavy atom. The van der Waals surface area contributed by atoms with Crippen LogP contribution in [0.25, 0.3) is 11.4 Å². The van der Waals surface area contributed by atoms with Gasteiger partial charge < -0.3 is 14.6 Å². The van der Waals surface area contributed by atoms with Gasteiger partial charge in [-0.25, -0.2) is 0 Å². The summed E-state index contributed by atoms with van der Waals surface area (Å²) in [5.74, 6) is 1.35. The van der Waals surface area contributed by atoms with E-state index in [1.54, 1.807) is 0 Å². The largest absolute Gasteiger partial charge is 0.382 e. The van der Waals surface area contributed by atoms with Crippen molar-refractivity contribution in [1.82, 2.24) is 20.4 Å². The smallest absolute Gasteiger partial charge is 0.241 e. The van der Waals surface area contributed by atoms with Crippen LogP contribution in [0.1, 0.15) is 37.6 Å². The molecule has 7 nitrogen and oxygen atoms in total. The molecule has 1 aromatic carbocycles. The summed E-state index contributed by atoms with van der Waals surface area (Å²) in [5.41, 5.74) is 2.12. The number of likely N-dealkylation sites (tertiary alicyclic amines) is 1. The first-order valence-electron chi connectivity index (χ1n) is 10.1. The molecule has 1 aliphatic rings. The minimum atomic E-state index is 0.0139. The van der Waals surface area contributed by atoms with Crippen molar-refractivity contribution < 1.29 is 14.1 Å². The van der Waals surface area contributed by atoms with E-state index < -0.39 is 0 Å². The summed E-state index contributed by atoms with van der Waals surface area (Å²) in [6.07, 6.45) is 2.77. The molecule has 1 saturated heterocycles. The number of aromatic nitrogens is 2. The van der Waals surface area contributed by atoms with Crippen LogP contribution in [0.5, 0.6) is 0 Å². The second-order valence-corrected chi connectivity index (χ2v) is 7.30. The number of aryl methyl sites for hydroxylation is 1. The van der Waals surface area contributed by atoms with Crippen LogP contribution in [-0.4, -0.2) is 53.8 Å². The Balaban J connectivity index is 1.49. The van der Waals surface area contributed by atoms with E-state index in [4.69, 9.17) is 9.26 Å². The van der Waals surface area contributed by atoms with Gasteiger partial charge in [0.15, 0.2) is 0 Å². The molecule has 1 aromatic heterocycles. The second kappa shape index (κ2) is 10.3. The summed E-state index contributed by atoms with van der Waals surface area (Å²) in [6.45, 7) is 8.32. The number of rotatable bonds is 9. The Kier molecular flexibility index (Phi) is 7.56.